The molecule has 1 aromatic rings. The number of hydrogen-bond acceptors (Lipinski definition) is 3. The quantitative estimate of drug-likeness (QED) is 0.418. The van der Waals surface area contributed by atoms with E-state index in [0.29, 0.717) is 12.1 Å². The first kappa shape index (κ1) is 9.83. The summed E-state index contributed by atoms with van der Waals surface area (Å²) in [7, 11) is 0. The van der Waals surface area contributed by atoms with Gasteiger partial charge in [-0.1, -0.05) is 6.08 Å². The Morgan fingerprint density at radius 2 is 2.46 bits per heavy atom. The van der Waals surface area contributed by atoms with Crippen LogP contribution in [0.15, 0.2) is 31.0 Å². The van der Waals surface area contributed by atoms with Gasteiger partial charge in [0.25, 0.3) is 0 Å². The van der Waals surface area contributed by atoms with Crippen LogP contribution >= 0.6 is 0 Å². The molecule has 1 unspecified atom stereocenters. The van der Waals surface area contributed by atoms with Crippen LogP contribution in [0.25, 0.3) is 0 Å². The predicted molar refractivity (Wildman–Crippen MR) is 49.1 cm³/mol. The van der Waals surface area contributed by atoms with Crippen molar-refractivity contribution in [2.45, 2.75) is 12.5 Å². The summed E-state index contributed by atoms with van der Waals surface area (Å²) in [6, 6.07) is 2.86. The minimum atomic E-state index is -0.349. The summed E-state index contributed by atoms with van der Waals surface area (Å²) >= 11 is 0. The van der Waals surface area contributed by atoms with E-state index in [9.17, 15) is 4.39 Å². The molecule has 3 nitrogen and oxygen atoms in total. The molecule has 0 bridgehead atoms. The zero-order valence-corrected chi connectivity index (χ0v) is 7.20. The Kier molecular flexibility index (Phi) is 3.54. The average Bonchev–Trinajstić information content (AvgIpc) is 2.16. The maximum atomic E-state index is 12.5. The highest BCUT2D eigenvalue weighted by Crippen LogP contribution is 2.13. The standard InChI is InChI=1S/C9H12FN3/c1-2-3-9(13-11)8-5-4-7(10)6-12-8/h2,4-6,9,13H,1,3,11H2. The van der Waals surface area contributed by atoms with Gasteiger partial charge in [-0.3, -0.25) is 16.3 Å². The van der Waals surface area contributed by atoms with E-state index < -0.39 is 0 Å². The fraction of sp³-hybridized carbons (Fsp3) is 0.222. The third kappa shape index (κ3) is 2.61. The van der Waals surface area contributed by atoms with Crippen LogP contribution in [0.2, 0.25) is 0 Å². The molecule has 0 fully saturated rings. The molecule has 0 saturated heterocycles. The molecule has 1 rings (SSSR count). The summed E-state index contributed by atoms with van der Waals surface area (Å²) in [5.74, 6) is 4.95. The number of nitrogens with two attached hydrogens (primary N) is 1. The van der Waals surface area contributed by atoms with Gasteiger partial charge in [0.15, 0.2) is 0 Å². The number of hydrazine groups is 1. The maximum Gasteiger partial charge on any atom is 0.141 e. The van der Waals surface area contributed by atoms with Gasteiger partial charge in [0.2, 0.25) is 0 Å². The van der Waals surface area contributed by atoms with E-state index in [4.69, 9.17) is 5.84 Å². The van der Waals surface area contributed by atoms with Crippen LogP contribution < -0.4 is 11.3 Å². The summed E-state index contributed by atoms with van der Waals surface area (Å²) in [5.41, 5.74) is 3.29. The van der Waals surface area contributed by atoms with Crippen LogP contribution in [-0.2, 0) is 0 Å². The number of nitrogens with one attached hydrogen (secondary N) is 1. The van der Waals surface area contributed by atoms with E-state index in [1.165, 1.54) is 12.3 Å². The highest BCUT2D eigenvalue weighted by molar-refractivity contribution is 5.10. The Hall–Kier alpha value is -1.26. The SMILES string of the molecule is C=CCC(NN)c1ccc(F)cn1. The number of aromatic nitrogens is 1. The van der Waals surface area contributed by atoms with Gasteiger partial charge < -0.3 is 0 Å². The van der Waals surface area contributed by atoms with Crippen molar-refractivity contribution < 1.29 is 4.39 Å². The third-order valence-corrected chi connectivity index (χ3v) is 1.71. The summed E-state index contributed by atoms with van der Waals surface area (Å²) in [6.07, 6.45) is 3.56. The molecule has 0 aromatic carbocycles. The van der Waals surface area contributed by atoms with Gasteiger partial charge in [0.1, 0.15) is 5.82 Å². The Morgan fingerprint density at radius 1 is 1.69 bits per heavy atom. The molecular weight excluding hydrogens is 169 g/mol. The van der Waals surface area contributed by atoms with E-state index in [2.05, 4.69) is 17.0 Å². The van der Waals surface area contributed by atoms with Crippen LogP contribution in [0.5, 0.6) is 0 Å². The van der Waals surface area contributed by atoms with Crippen LogP contribution in [-0.4, -0.2) is 4.98 Å². The molecule has 70 valence electrons. The average molecular weight is 181 g/mol. The number of nitrogens with zero attached hydrogens (tertiary/aromatic N) is 1. The summed E-state index contributed by atoms with van der Waals surface area (Å²) < 4.78 is 12.5. The summed E-state index contributed by atoms with van der Waals surface area (Å²) in [6.45, 7) is 3.59. The van der Waals surface area contributed by atoms with Crippen molar-refractivity contribution >= 4 is 0 Å². The van der Waals surface area contributed by atoms with Gasteiger partial charge in [0, 0.05) is 0 Å². The van der Waals surface area contributed by atoms with Gasteiger partial charge in [-0.15, -0.1) is 6.58 Å². The van der Waals surface area contributed by atoms with Gasteiger partial charge in [0.05, 0.1) is 17.9 Å². The lowest BCUT2D eigenvalue weighted by Gasteiger charge is -2.12. The Labute approximate surface area is 76.4 Å². The van der Waals surface area contributed by atoms with E-state index >= 15 is 0 Å². The third-order valence-electron chi connectivity index (χ3n) is 1.71. The molecule has 13 heavy (non-hydrogen) atoms. The highest BCUT2D eigenvalue weighted by Gasteiger charge is 2.08. The molecule has 0 aliphatic rings. The van der Waals surface area contributed by atoms with Crippen molar-refractivity contribution in [3.63, 3.8) is 0 Å². The predicted octanol–water partition coefficient (Wildman–Crippen LogP) is 1.30. The number of pyridine rings is 1. The van der Waals surface area contributed by atoms with E-state index in [0.717, 1.165) is 0 Å². The van der Waals surface area contributed by atoms with E-state index in [-0.39, 0.29) is 11.9 Å². The van der Waals surface area contributed by atoms with Crippen LogP contribution in [0.1, 0.15) is 18.2 Å². The van der Waals surface area contributed by atoms with Crippen molar-refractivity contribution in [3.05, 3.63) is 42.5 Å². The number of halogens is 1. The van der Waals surface area contributed by atoms with Crippen LogP contribution in [0, 0.1) is 5.82 Å². The molecule has 3 N–H and O–H groups in total. The molecule has 0 spiro atoms. The van der Waals surface area contributed by atoms with Gasteiger partial charge >= 0.3 is 0 Å². The number of rotatable bonds is 4. The monoisotopic (exact) mass is 181 g/mol. The van der Waals surface area contributed by atoms with Gasteiger partial charge in [-0.25, -0.2) is 4.39 Å². The molecule has 0 aliphatic carbocycles. The van der Waals surface area contributed by atoms with E-state index in [1.807, 2.05) is 0 Å². The lowest BCUT2D eigenvalue weighted by molar-refractivity contribution is 0.541. The Bertz CT molecular complexity index is 271. The molecular formula is C9H12FN3. The topological polar surface area (TPSA) is 50.9 Å². The van der Waals surface area contributed by atoms with Crippen molar-refractivity contribution in [1.29, 1.82) is 0 Å². The molecule has 0 aliphatic heterocycles. The fourth-order valence-electron chi connectivity index (χ4n) is 1.03. The first-order chi connectivity index (χ1) is 6.27. The molecule has 4 heteroatoms. The first-order valence-corrected chi connectivity index (χ1v) is 3.96. The van der Waals surface area contributed by atoms with Gasteiger partial charge in [-0.05, 0) is 18.6 Å². The lowest BCUT2D eigenvalue weighted by atomic mass is 10.1. The van der Waals surface area contributed by atoms with Crippen molar-refractivity contribution in [3.8, 4) is 0 Å². The van der Waals surface area contributed by atoms with Gasteiger partial charge in [-0.2, -0.15) is 0 Å². The van der Waals surface area contributed by atoms with Crippen LogP contribution in [0.3, 0.4) is 0 Å². The molecule has 0 amide bonds. The molecule has 1 atom stereocenters. The van der Waals surface area contributed by atoms with Crippen molar-refractivity contribution in [2.24, 2.45) is 5.84 Å². The lowest BCUT2D eigenvalue weighted by Crippen LogP contribution is -2.28. The molecule has 0 radical (unpaired) electrons. The normalized spacial score (nSPS) is 12.5. The molecule has 1 aromatic heterocycles. The second kappa shape index (κ2) is 4.69. The minimum Gasteiger partial charge on any atom is -0.271 e. The highest BCUT2D eigenvalue weighted by atomic mass is 19.1. The van der Waals surface area contributed by atoms with E-state index in [1.54, 1.807) is 12.1 Å². The first-order valence-electron chi connectivity index (χ1n) is 3.96. The largest absolute Gasteiger partial charge is 0.271 e. The zero-order chi connectivity index (χ0) is 9.68. The maximum absolute atomic E-state index is 12.5. The Balaban J connectivity index is 2.78. The molecule has 1 heterocycles. The van der Waals surface area contributed by atoms with Crippen molar-refractivity contribution in [1.82, 2.24) is 10.4 Å². The van der Waals surface area contributed by atoms with Crippen molar-refractivity contribution in [2.75, 3.05) is 0 Å². The minimum absolute atomic E-state index is 0.0990. The second-order valence-electron chi connectivity index (χ2n) is 2.64. The summed E-state index contributed by atoms with van der Waals surface area (Å²) in [5, 5.41) is 0. The number of hydrogen-bond donors (Lipinski definition) is 2. The smallest absolute Gasteiger partial charge is 0.141 e. The zero-order valence-electron chi connectivity index (χ0n) is 7.20. The summed E-state index contributed by atoms with van der Waals surface area (Å²) in [4.78, 5) is 3.90. The second-order valence-corrected chi connectivity index (χ2v) is 2.64. The molecule has 0 saturated carbocycles. The van der Waals surface area contributed by atoms with Crippen LogP contribution in [0.4, 0.5) is 4.39 Å². The fourth-order valence-corrected chi connectivity index (χ4v) is 1.03. The Morgan fingerprint density at radius 3 is 2.92 bits per heavy atom.